The summed E-state index contributed by atoms with van der Waals surface area (Å²) in [5.41, 5.74) is 0. The van der Waals surface area contributed by atoms with Gasteiger partial charge in [-0.25, -0.2) is 0 Å². The lowest BCUT2D eigenvalue weighted by Crippen LogP contribution is -2.30. The van der Waals surface area contributed by atoms with E-state index in [1.54, 1.807) is 0 Å². The molecule has 0 spiro atoms. The Labute approximate surface area is 498 Å². The Bertz CT molecular complexity index is 1860. The van der Waals surface area contributed by atoms with Crippen molar-refractivity contribution in [1.29, 1.82) is 0 Å². The standard InChI is InChI=1S/C75H118O6/c1-4-7-10-13-16-19-22-25-27-29-31-33-35-37-39-41-43-45-47-50-53-56-59-62-65-68-74(77)80-71-72(70-79-73(76)67-64-61-58-55-52-49-24-21-18-15-12-9-6-3)81-75(78)69-66-63-60-57-54-51-48-46-44-42-40-38-36-34-32-30-28-26-23-20-17-14-11-8-5-2/h7-12,16-21,25-28,31-34,37-40,43,45,49,52,72H,4-6,13-15,22-24,29-30,35-36,41-42,44,46-48,50-51,53-71H2,1-3H3/b10-7-,11-8-,12-9-,19-16-,20-17-,21-18-,27-25-,28-26-,33-31-,34-32-,39-37-,40-38-,45-43-,52-49-. The van der Waals surface area contributed by atoms with E-state index < -0.39 is 6.10 Å². The average molecular weight is 1120 g/mol. The van der Waals surface area contributed by atoms with E-state index in [9.17, 15) is 14.4 Å². The summed E-state index contributed by atoms with van der Waals surface area (Å²) in [4.78, 5) is 38.4. The molecule has 0 aliphatic heterocycles. The van der Waals surface area contributed by atoms with Crippen molar-refractivity contribution in [2.45, 2.75) is 271 Å². The Morgan fingerprint density at radius 2 is 0.444 bits per heavy atom. The van der Waals surface area contributed by atoms with Crippen LogP contribution >= 0.6 is 0 Å². The smallest absolute Gasteiger partial charge is 0.306 e. The molecule has 0 saturated heterocycles. The summed E-state index contributed by atoms with van der Waals surface area (Å²) in [5.74, 6) is -0.959. The molecule has 0 aromatic carbocycles. The van der Waals surface area contributed by atoms with Gasteiger partial charge in [-0.2, -0.15) is 0 Å². The summed E-state index contributed by atoms with van der Waals surface area (Å²) in [5, 5.41) is 0. The number of unbranched alkanes of at least 4 members (excludes halogenated alkanes) is 18. The molecule has 0 aliphatic carbocycles. The van der Waals surface area contributed by atoms with Gasteiger partial charge in [-0.05, 0) is 148 Å². The third-order valence-corrected chi connectivity index (χ3v) is 13.2. The highest BCUT2D eigenvalue weighted by Gasteiger charge is 2.19. The van der Waals surface area contributed by atoms with Crippen molar-refractivity contribution in [1.82, 2.24) is 0 Å². The van der Waals surface area contributed by atoms with Crippen LogP contribution in [0.15, 0.2) is 170 Å². The van der Waals surface area contributed by atoms with Crippen LogP contribution in [0.2, 0.25) is 0 Å². The topological polar surface area (TPSA) is 78.9 Å². The molecule has 6 heteroatoms. The molecule has 0 rings (SSSR count). The molecule has 0 radical (unpaired) electrons. The average Bonchev–Trinajstić information content (AvgIpc) is 3.46. The molecule has 0 bridgehead atoms. The molecule has 1 atom stereocenters. The van der Waals surface area contributed by atoms with E-state index in [1.165, 1.54) is 51.4 Å². The van der Waals surface area contributed by atoms with Gasteiger partial charge in [-0.1, -0.05) is 268 Å². The molecule has 0 N–H and O–H groups in total. The van der Waals surface area contributed by atoms with Crippen molar-refractivity contribution in [3.05, 3.63) is 170 Å². The maximum atomic E-state index is 12.9. The van der Waals surface area contributed by atoms with Crippen LogP contribution in [0.5, 0.6) is 0 Å². The van der Waals surface area contributed by atoms with E-state index in [-0.39, 0.29) is 31.1 Å². The van der Waals surface area contributed by atoms with Crippen LogP contribution in [0.4, 0.5) is 0 Å². The SMILES string of the molecule is CC/C=C\C/C=C\C/C=C\C/C=C\C/C=C\C/C=C\CCCCCCCCC(=O)OCC(COC(=O)CCCCC/C=C\C/C=C\C/C=C\CC)OC(=O)CCCCCCCCCCC/C=C\C/C=C\C/C=C\C/C=C\C/C=C\CC. The minimum Gasteiger partial charge on any atom is -0.462 e. The van der Waals surface area contributed by atoms with Gasteiger partial charge in [-0.15, -0.1) is 0 Å². The third-order valence-electron chi connectivity index (χ3n) is 13.2. The molecule has 81 heavy (non-hydrogen) atoms. The quantitative estimate of drug-likeness (QED) is 0.0261. The maximum absolute atomic E-state index is 12.9. The van der Waals surface area contributed by atoms with Crippen molar-refractivity contribution >= 4 is 17.9 Å². The van der Waals surface area contributed by atoms with Gasteiger partial charge in [-0.3, -0.25) is 14.4 Å². The molecular weight excluding hydrogens is 997 g/mol. The maximum Gasteiger partial charge on any atom is 0.306 e. The minimum atomic E-state index is -0.811. The van der Waals surface area contributed by atoms with Crippen molar-refractivity contribution < 1.29 is 28.6 Å². The minimum absolute atomic E-state index is 0.105. The molecular formula is C75H118O6. The molecule has 6 nitrogen and oxygen atoms in total. The normalized spacial score (nSPS) is 13.3. The second kappa shape index (κ2) is 67.3. The first-order valence-corrected chi connectivity index (χ1v) is 32.6. The predicted octanol–water partition coefficient (Wildman–Crippen LogP) is 22.7. The largest absolute Gasteiger partial charge is 0.462 e. The van der Waals surface area contributed by atoms with Crippen LogP contribution in [0.1, 0.15) is 265 Å². The van der Waals surface area contributed by atoms with Crippen molar-refractivity contribution in [3.8, 4) is 0 Å². The van der Waals surface area contributed by atoms with Crippen LogP contribution < -0.4 is 0 Å². The van der Waals surface area contributed by atoms with Crippen LogP contribution in [0.3, 0.4) is 0 Å². The number of esters is 3. The van der Waals surface area contributed by atoms with E-state index in [1.807, 2.05) is 0 Å². The lowest BCUT2D eigenvalue weighted by molar-refractivity contribution is -0.167. The highest BCUT2D eigenvalue weighted by Crippen LogP contribution is 2.15. The number of hydrogen-bond acceptors (Lipinski definition) is 6. The molecule has 0 fully saturated rings. The van der Waals surface area contributed by atoms with Gasteiger partial charge in [0.2, 0.25) is 0 Å². The summed E-state index contributed by atoms with van der Waals surface area (Å²) in [6, 6.07) is 0. The Morgan fingerprint density at radius 1 is 0.247 bits per heavy atom. The molecule has 0 saturated carbocycles. The van der Waals surface area contributed by atoms with E-state index in [0.717, 1.165) is 173 Å². The lowest BCUT2D eigenvalue weighted by Gasteiger charge is -2.18. The van der Waals surface area contributed by atoms with Crippen LogP contribution in [0, 0.1) is 0 Å². The number of carbonyl (C=O) groups is 3. The summed E-state index contributed by atoms with van der Waals surface area (Å²) in [6.07, 6.45) is 99.3. The third kappa shape index (κ3) is 65.5. The molecule has 1 unspecified atom stereocenters. The Balaban J connectivity index is 4.42. The van der Waals surface area contributed by atoms with Crippen molar-refractivity contribution in [2.75, 3.05) is 13.2 Å². The second-order valence-electron chi connectivity index (χ2n) is 20.9. The van der Waals surface area contributed by atoms with Crippen LogP contribution in [-0.4, -0.2) is 37.2 Å². The van der Waals surface area contributed by atoms with Gasteiger partial charge in [0, 0.05) is 19.3 Å². The zero-order valence-corrected chi connectivity index (χ0v) is 52.0. The fourth-order valence-electron chi connectivity index (χ4n) is 8.43. The number of ether oxygens (including phenoxy) is 3. The van der Waals surface area contributed by atoms with Gasteiger partial charge in [0.15, 0.2) is 6.10 Å². The fourth-order valence-corrected chi connectivity index (χ4v) is 8.43. The fraction of sp³-hybridized carbons (Fsp3) is 0.587. The highest BCUT2D eigenvalue weighted by molar-refractivity contribution is 5.71. The van der Waals surface area contributed by atoms with E-state index in [4.69, 9.17) is 14.2 Å². The van der Waals surface area contributed by atoms with Crippen molar-refractivity contribution in [3.63, 3.8) is 0 Å². The van der Waals surface area contributed by atoms with E-state index in [0.29, 0.717) is 19.3 Å². The Morgan fingerprint density at radius 3 is 0.704 bits per heavy atom. The zero-order valence-electron chi connectivity index (χ0n) is 52.0. The Hall–Kier alpha value is -5.23. The van der Waals surface area contributed by atoms with Gasteiger partial charge in [0.05, 0.1) is 0 Å². The summed E-state index contributed by atoms with van der Waals surface area (Å²) in [6.45, 7) is 6.25. The van der Waals surface area contributed by atoms with E-state index in [2.05, 4.69) is 191 Å². The Kier molecular flexibility index (Phi) is 62.9. The summed E-state index contributed by atoms with van der Waals surface area (Å²) < 4.78 is 16.9. The first-order valence-electron chi connectivity index (χ1n) is 32.6. The number of carbonyl (C=O) groups excluding carboxylic acids is 3. The van der Waals surface area contributed by atoms with Gasteiger partial charge < -0.3 is 14.2 Å². The summed E-state index contributed by atoms with van der Waals surface area (Å²) >= 11 is 0. The molecule has 0 amide bonds. The number of rotatable bonds is 57. The highest BCUT2D eigenvalue weighted by atomic mass is 16.6. The van der Waals surface area contributed by atoms with Gasteiger partial charge in [0.25, 0.3) is 0 Å². The molecule has 0 heterocycles. The summed E-state index contributed by atoms with van der Waals surface area (Å²) in [7, 11) is 0. The number of hydrogen-bond donors (Lipinski definition) is 0. The number of allylic oxidation sites excluding steroid dienone is 28. The monoisotopic (exact) mass is 1110 g/mol. The molecule has 0 aromatic heterocycles. The van der Waals surface area contributed by atoms with Gasteiger partial charge >= 0.3 is 17.9 Å². The lowest BCUT2D eigenvalue weighted by atomic mass is 10.1. The van der Waals surface area contributed by atoms with Crippen LogP contribution in [0.25, 0.3) is 0 Å². The van der Waals surface area contributed by atoms with E-state index >= 15 is 0 Å². The predicted molar refractivity (Wildman–Crippen MR) is 352 cm³/mol. The van der Waals surface area contributed by atoms with Gasteiger partial charge in [0.1, 0.15) is 13.2 Å². The first-order chi connectivity index (χ1) is 40.0. The van der Waals surface area contributed by atoms with Crippen LogP contribution in [-0.2, 0) is 28.6 Å². The molecule has 454 valence electrons. The zero-order chi connectivity index (χ0) is 58.5. The molecule has 0 aliphatic rings. The second-order valence-corrected chi connectivity index (χ2v) is 20.9. The first kappa shape index (κ1) is 75.8. The molecule has 0 aromatic rings. The van der Waals surface area contributed by atoms with Crippen molar-refractivity contribution in [2.24, 2.45) is 0 Å².